The van der Waals surface area contributed by atoms with Crippen LogP contribution in [0.4, 0.5) is 10.7 Å². The molecule has 0 spiro atoms. The van der Waals surface area contributed by atoms with Crippen molar-refractivity contribution in [1.82, 2.24) is 0 Å². The molecule has 74 valence electrons. The van der Waals surface area contributed by atoms with Crippen molar-refractivity contribution in [1.29, 1.82) is 5.26 Å². The molecule has 1 aromatic rings. The summed E-state index contributed by atoms with van der Waals surface area (Å²) in [6, 6.07) is 4.44. The van der Waals surface area contributed by atoms with Crippen LogP contribution in [0.25, 0.3) is 0 Å². The van der Waals surface area contributed by atoms with Gasteiger partial charge in [0, 0.05) is 6.04 Å². The number of hydrogen-bond acceptors (Lipinski definition) is 4. The Morgan fingerprint density at radius 1 is 1.71 bits per heavy atom. The van der Waals surface area contributed by atoms with Gasteiger partial charge < -0.3 is 11.1 Å². The van der Waals surface area contributed by atoms with E-state index in [0.717, 1.165) is 10.9 Å². The predicted octanol–water partition coefficient (Wildman–Crippen LogP) is 2.41. The summed E-state index contributed by atoms with van der Waals surface area (Å²) in [5.74, 6) is 0.809. The number of nitrogens with two attached hydrogens (primary N) is 1. The molecule has 0 aliphatic heterocycles. The van der Waals surface area contributed by atoms with Gasteiger partial charge in [0.25, 0.3) is 0 Å². The van der Waals surface area contributed by atoms with Crippen LogP contribution in [0.1, 0.15) is 24.6 Å². The Labute approximate surface area is 87.5 Å². The maximum atomic E-state index is 8.74. The molecule has 0 radical (unpaired) electrons. The maximum absolute atomic E-state index is 8.74. The summed E-state index contributed by atoms with van der Waals surface area (Å²) in [4.78, 5) is 0.607. The second-order valence-corrected chi connectivity index (χ2v) is 4.83. The van der Waals surface area contributed by atoms with Crippen LogP contribution in [-0.4, -0.2) is 6.04 Å². The van der Waals surface area contributed by atoms with Crippen LogP contribution in [0, 0.1) is 17.2 Å². The predicted molar refractivity (Wildman–Crippen MR) is 59.3 cm³/mol. The van der Waals surface area contributed by atoms with Gasteiger partial charge in [-0.1, -0.05) is 0 Å². The first-order chi connectivity index (χ1) is 6.70. The lowest BCUT2D eigenvalue weighted by molar-refractivity contribution is 0.696. The first-order valence-electron chi connectivity index (χ1n) is 4.76. The number of nitrogens with one attached hydrogen (secondary N) is 1. The SMILES string of the molecule is CC(Nc1cc(N)c(C#N)s1)C1CC1. The minimum atomic E-state index is 0.500. The molecule has 3 nitrogen and oxygen atoms in total. The summed E-state index contributed by atoms with van der Waals surface area (Å²) in [5, 5.41) is 13.1. The number of nitriles is 1. The smallest absolute Gasteiger partial charge is 0.129 e. The van der Waals surface area contributed by atoms with Gasteiger partial charge in [-0.25, -0.2) is 0 Å². The highest BCUT2D eigenvalue weighted by Crippen LogP contribution is 2.36. The fourth-order valence-electron chi connectivity index (χ4n) is 1.50. The highest BCUT2D eigenvalue weighted by Gasteiger charge is 2.28. The second kappa shape index (κ2) is 3.50. The molecule has 4 heteroatoms. The number of rotatable bonds is 3. The van der Waals surface area contributed by atoms with Gasteiger partial charge in [-0.3, -0.25) is 0 Å². The first kappa shape index (κ1) is 9.35. The fraction of sp³-hybridized carbons (Fsp3) is 0.500. The van der Waals surface area contributed by atoms with Gasteiger partial charge in [0.05, 0.1) is 10.7 Å². The number of hydrogen-bond donors (Lipinski definition) is 2. The Hall–Kier alpha value is -1.21. The summed E-state index contributed by atoms with van der Waals surface area (Å²) in [6.07, 6.45) is 2.64. The molecule has 0 amide bonds. The highest BCUT2D eigenvalue weighted by molar-refractivity contribution is 7.17. The van der Waals surface area contributed by atoms with Crippen LogP contribution in [0.5, 0.6) is 0 Å². The Morgan fingerprint density at radius 3 is 2.93 bits per heavy atom. The Bertz CT molecular complexity index is 373. The van der Waals surface area contributed by atoms with Crippen LogP contribution < -0.4 is 11.1 Å². The minimum absolute atomic E-state index is 0.500. The van der Waals surface area contributed by atoms with E-state index in [2.05, 4.69) is 18.3 Å². The van der Waals surface area contributed by atoms with Crippen molar-refractivity contribution in [2.24, 2.45) is 5.92 Å². The zero-order valence-electron chi connectivity index (χ0n) is 8.08. The van der Waals surface area contributed by atoms with Gasteiger partial charge in [-0.15, -0.1) is 11.3 Å². The summed E-state index contributed by atoms with van der Waals surface area (Å²) in [5.41, 5.74) is 6.25. The van der Waals surface area contributed by atoms with E-state index in [4.69, 9.17) is 11.0 Å². The fourth-order valence-corrected chi connectivity index (χ4v) is 2.38. The maximum Gasteiger partial charge on any atom is 0.129 e. The second-order valence-electron chi connectivity index (χ2n) is 3.78. The average molecular weight is 207 g/mol. The summed E-state index contributed by atoms with van der Waals surface area (Å²) >= 11 is 1.44. The molecule has 1 aromatic heterocycles. The van der Waals surface area contributed by atoms with E-state index in [-0.39, 0.29) is 0 Å². The Kier molecular flexibility index (Phi) is 2.34. The van der Waals surface area contributed by atoms with E-state index in [1.807, 2.05) is 6.07 Å². The van der Waals surface area contributed by atoms with Gasteiger partial charge in [-0.2, -0.15) is 5.26 Å². The van der Waals surface area contributed by atoms with Crippen LogP contribution in [0.3, 0.4) is 0 Å². The lowest BCUT2D eigenvalue weighted by Crippen LogP contribution is -2.16. The zero-order valence-corrected chi connectivity index (χ0v) is 8.90. The molecule has 1 heterocycles. The number of nitrogens with zero attached hydrogens (tertiary/aromatic N) is 1. The monoisotopic (exact) mass is 207 g/mol. The molecule has 0 saturated heterocycles. The molecular formula is C10H13N3S. The molecule has 1 saturated carbocycles. The van der Waals surface area contributed by atoms with Crippen molar-refractivity contribution in [3.8, 4) is 6.07 Å². The molecular weight excluding hydrogens is 194 g/mol. The molecule has 14 heavy (non-hydrogen) atoms. The average Bonchev–Trinajstić information content (AvgIpc) is 2.92. The largest absolute Gasteiger partial charge is 0.397 e. The van der Waals surface area contributed by atoms with E-state index < -0.39 is 0 Å². The molecule has 1 aliphatic carbocycles. The van der Waals surface area contributed by atoms with Crippen molar-refractivity contribution >= 4 is 22.0 Å². The molecule has 1 aliphatic rings. The third-order valence-corrected chi connectivity index (χ3v) is 3.55. The van der Waals surface area contributed by atoms with E-state index in [0.29, 0.717) is 16.6 Å². The molecule has 0 aromatic carbocycles. The lowest BCUT2D eigenvalue weighted by Gasteiger charge is -2.11. The minimum Gasteiger partial charge on any atom is -0.397 e. The van der Waals surface area contributed by atoms with Crippen LogP contribution in [-0.2, 0) is 0 Å². The van der Waals surface area contributed by atoms with Crippen LogP contribution >= 0.6 is 11.3 Å². The quantitative estimate of drug-likeness (QED) is 0.800. The number of anilines is 2. The van der Waals surface area contributed by atoms with Gasteiger partial charge in [-0.05, 0) is 31.7 Å². The van der Waals surface area contributed by atoms with Gasteiger partial charge in [0.15, 0.2) is 0 Å². The van der Waals surface area contributed by atoms with Gasteiger partial charge in [0.1, 0.15) is 10.9 Å². The van der Waals surface area contributed by atoms with Crippen LogP contribution in [0.2, 0.25) is 0 Å². The highest BCUT2D eigenvalue weighted by atomic mass is 32.1. The van der Waals surface area contributed by atoms with Crippen molar-refractivity contribution < 1.29 is 0 Å². The summed E-state index contributed by atoms with van der Waals surface area (Å²) in [7, 11) is 0. The molecule has 2 rings (SSSR count). The number of nitrogen functional groups attached to an aromatic ring is 1. The summed E-state index contributed by atoms with van der Waals surface area (Å²) in [6.45, 7) is 2.18. The normalized spacial score (nSPS) is 17.4. The van der Waals surface area contributed by atoms with Crippen molar-refractivity contribution in [3.63, 3.8) is 0 Å². The molecule has 1 atom stereocenters. The summed E-state index contributed by atoms with van der Waals surface area (Å²) < 4.78 is 0. The van der Waals surface area contributed by atoms with E-state index in [1.165, 1.54) is 24.2 Å². The zero-order chi connectivity index (χ0) is 10.1. The Balaban J connectivity index is 2.05. The lowest BCUT2D eigenvalue weighted by atomic mass is 10.2. The van der Waals surface area contributed by atoms with E-state index in [9.17, 15) is 0 Å². The molecule has 0 bridgehead atoms. The van der Waals surface area contributed by atoms with Crippen molar-refractivity contribution in [2.75, 3.05) is 11.1 Å². The molecule has 1 unspecified atom stereocenters. The third-order valence-electron chi connectivity index (χ3n) is 2.56. The van der Waals surface area contributed by atoms with Gasteiger partial charge >= 0.3 is 0 Å². The van der Waals surface area contributed by atoms with Crippen molar-refractivity contribution in [2.45, 2.75) is 25.8 Å². The molecule has 1 fully saturated rings. The van der Waals surface area contributed by atoms with Crippen molar-refractivity contribution in [3.05, 3.63) is 10.9 Å². The first-order valence-corrected chi connectivity index (χ1v) is 5.58. The third kappa shape index (κ3) is 1.83. The Morgan fingerprint density at radius 2 is 2.43 bits per heavy atom. The topological polar surface area (TPSA) is 61.8 Å². The van der Waals surface area contributed by atoms with E-state index in [1.54, 1.807) is 0 Å². The van der Waals surface area contributed by atoms with E-state index >= 15 is 0 Å². The van der Waals surface area contributed by atoms with Gasteiger partial charge in [0.2, 0.25) is 0 Å². The number of thiophene rings is 1. The molecule has 3 N–H and O–H groups in total. The standard InChI is InChI=1S/C10H13N3S/c1-6(7-2-3-7)13-10-4-8(12)9(5-11)14-10/h4,6-7,13H,2-3,12H2,1H3. The van der Waals surface area contributed by atoms with Crippen LogP contribution in [0.15, 0.2) is 6.07 Å².